The molecule has 3 rings (SSSR count). The third-order valence-corrected chi connectivity index (χ3v) is 6.20. The van der Waals surface area contributed by atoms with E-state index < -0.39 is 0 Å². The van der Waals surface area contributed by atoms with Gasteiger partial charge in [0.2, 0.25) is 0 Å². The monoisotopic (exact) mass is 389 g/mol. The van der Waals surface area contributed by atoms with Gasteiger partial charge in [-0.3, -0.25) is 9.59 Å². The highest BCUT2D eigenvalue weighted by molar-refractivity contribution is 6.04. The quantitative estimate of drug-likeness (QED) is 0.784. The molecular weight excluding hydrogens is 354 g/mol. The first-order valence-electron chi connectivity index (χ1n) is 10.7. The van der Waals surface area contributed by atoms with Gasteiger partial charge in [-0.05, 0) is 57.1 Å². The van der Waals surface area contributed by atoms with Crippen molar-refractivity contribution >= 4 is 11.7 Å². The summed E-state index contributed by atoms with van der Waals surface area (Å²) in [6.45, 7) is 9.22. The van der Waals surface area contributed by atoms with Gasteiger partial charge in [0.05, 0.1) is 6.10 Å². The number of likely N-dealkylation sites (N-methyl/N-ethyl adjacent to an activating group) is 1. The van der Waals surface area contributed by atoms with Crippen molar-refractivity contribution in [2.75, 3.05) is 33.2 Å². The lowest BCUT2D eigenvalue weighted by molar-refractivity contribution is 0.0312. The van der Waals surface area contributed by atoms with Crippen molar-refractivity contribution in [1.82, 2.24) is 14.8 Å². The molecule has 0 saturated carbocycles. The number of aromatic amines is 1. The molecule has 0 bridgehead atoms. The molecule has 0 spiro atoms. The number of aliphatic hydroxyl groups is 1. The van der Waals surface area contributed by atoms with Crippen LogP contribution in [0, 0.1) is 18.8 Å². The average Bonchev–Trinajstić information content (AvgIpc) is 2.98. The zero-order valence-electron chi connectivity index (χ0n) is 17.8. The van der Waals surface area contributed by atoms with E-state index in [0.29, 0.717) is 37.7 Å². The molecule has 28 heavy (non-hydrogen) atoms. The van der Waals surface area contributed by atoms with Crippen LogP contribution in [0.25, 0.3) is 0 Å². The molecule has 1 amide bonds. The molecule has 1 atom stereocenters. The van der Waals surface area contributed by atoms with E-state index in [1.54, 1.807) is 0 Å². The Kier molecular flexibility index (Phi) is 6.61. The Morgan fingerprint density at radius 2 is 1.93 bits per heavy atom. The number of aryl methyl sites for hydroxylation is 1. The number of carbonyl (C=O) groups excluding carboxylic acids is 2. The third-order valence-electron chi connectivity index (χ3n) is 6.20. The van der Waals surface area contributed by atoms with Gasteiger partial charge in [-0.15, -0.1) is 0 Å². The molecule has 1 aromatic rings. The predicted molar refractivity (Wildman–Crippen MR) is 110 cm³/mol. The van der Waals surface area contributed by atoms with Crippen LogP contribution in [0.3, 0.4) is 0 Å². The number of fused-ring (bicyclic) bond motifs is 1. The molecule has 1 saturated heterocycles. The molecule has 6 nitrogen and oxygen atoms in total. The van der Waals surface area contributed by atoms with Crippen LogP contribution in [-0.2, 0) is 6.42 Å². The summed E-state index contributed by atoms with van der Waals surface area (Å²) in [5.74, 6) is 0.961. The summed E-state index contributed by atoms with van der Waals surface area (Å²) in [7, 11) is 2.05. The third kappa shape index (κ3) is 4.49. The first-order chi connectivity index (χ1) is 13.3. The van der Waals surface area contributed by atoms with E-state index in [1.165, 1.54) is 0 Å². The van der Waals surface area contributed by atoms with Crippen LogP contribution in [0.5, 0.6) is 0 Å². The number of Topliss-reactive ketones (excluding diaryl/α,β-unsaturated/α-hetero) is 1. The normalized spacial score (nSPS) is 19.4. The van der Waals surface area contributed by atoms with Crippen molar-refractivity contribution in [2.45, 2.75) is 59.0 Å². The number of piperidine rings is 1. The van der Waals surface area contributed by atoms with Crippen LogP contribution in [0.4, 0.5) is 0 Å². The maximum Gasteiger partial charge on any atom is 0.270 e. The predicted octanol–water partition coefficient (Wildman–Crippen LogP) is 2.64. The Balaban J connectivity index is 1.58. The number of nitrogens with one attached hydrogen (secondary N) is 1. The number of hydrogen-bond acceptors (Lipinski definition) is 4. The van der Waals surface area contributed by atoms with Gasteiger partial charge in [0, 0.05) is 43.9 Å². The highest BCUT2D eigenvalue weighted by atomic mass is 16.3. The number of carbonyl (C=O) groups is 2. The zero-order valence-corrected chi connectivity index (χ0v) is 17.8. The molecule has 2 heterocycles. The van der Waals surface area contributed by atoms with E-state index in [1.807, 2.05) is 11.8 Å². The Morgan fingerprint density at radius 1 is 1.25 bits per heavy atom. The summed E-state index contributed by atoms with van der Waals surface area (Å²) >= 11 is 0. The molecule has 6 heteroatoms. The van der Waals surface area contributed by atoms with Gasteiger partial charge in [-0.25, -0.2) is 0 Å². The highest BCUT2D eigenvalue weighted by Crippen LogP contribution is 2.29. The smallest absolute Gasteiger partial charge is 0.270 e. The fourth-order valence-electron chi connectivity index (χ4n) is 4.80. The molecule has 1 aromatic heterocycles. The van der Waals surface area contributed by atoms with E-state index in [9.17, 15) is 14.7 Å². The molecule has 2 N–H and O–H groups in total. The fourth-order valence-corrected chi connectivity index (χ4v) is 4.80. The van der Waals surface area contributed by atoms with Crippen LogP contribution in [-0.4, -0.2) is 70.9 Å². The number of amides is 1. The minimum atomic E-state index is -0.349. The van der Waals surface area contributed by atoms with Crippen LogP contribution in [0.1, 0.15) is 71.6 Å². The molecule has 1 aliphatic heterocycles. The van der Waals surface area contributed by atoms with Crippen LogP contribution < -0.4 is 0 Å². The molecule has 1 fully saturated rings. The summed E-state index contributed by atoms with van der Waals surface area (Å²) in [6, 6.07) is 0. The lowest BCUT2D eigenvalue weighted by atomic mass is 9.90. The lowest BCUT2D eigenvalue weighted by Crippen LogP contribution is -2.44. The molecular formula is C22H35N3O3. The number of nitrogens with zero attached hydrogens (tertiary/aromatic N) is 2. The van der Waals surface area contributed by atoms with Crippen molar-refractivity contribution < 1.29 is 14.7 Å². The zero-order chi connectivity index (χ0) is 20.4. The number of hydrogen-bond donors (Lipinski definition) is 2. The minimum Gasteiger partial charge on any atom is -0.392 e. The topological polar surface area (TPSA) is 76.6 Å². The first kappa shape index (κ1) is 21.1. The Labute approximate surface area is 168 Å². The largest absolute Gasteiger partial charge is 0.392 e. The SMILES string of the molecule is Cc1c(C(=O)N2CCC(C(O)CN(C)CC(C)C)CC2)[nH]c2c1C(=O)CCC2. The van der Waals surface area contributed by atoms with Crippen LogP contribution in [0.15, 0.2) is 0 Å². The molecule has 156 valence electrons. The van der Waals surface area contributed by atoms with Gasteiger partial charge < -0.3 is 19.9 Å². The molecule has 1 unspecified atom stereocenters. The Bertz CT molecular complexity index is 717. The van der Waals surface area contributed by atoms with E-state index in [2.05, 4.69) is 30.8 Å². The summed E-state index contributed by atoms with van der Waals surface area (Å²) < 4.78 is 0. The molecule has 0 radical (unpaired) electrons. The average molecular weight is 390 g/mol. The van der Waals surface area contributed by atoms with Crippen LogP contribution in [0.2, 0.25) is 0 Å². The first-order valence-corrected chi connectivity index (χ1v) is 10.7. The second-order valence-electron chi connectivity index (χ2n) is 9.07. The molecule has 2 aliphatic rings. The maximum atomic E-state index is 13.0. The summed E-state index contributed by atoms with van der Waals surface area (Å²) in [6.07, 6.45) is 3.56. The molecule has 0 aromatic carbocycles. The summed E-state index contributed by atoms with van der Waals surface area (Å²) in [5, 5.41) is 10.6. The van der Waals surface area contributed by atoms with Gasteiger partial charge in [-0.2, -0.15) is 0 Å². The van der Waals surface area contributed by atoms with Gasteiger partial charge >= 0.3 is 0 Å². The second kappa shape index (κ2) is 8.78. The van der Waals surface area contributed by atoms with Crippen LogP contribution >= 0.6 is 0 Å². The minimum absolute atomic E-state index is 0.00966. The fraction of sp³-hybridized carbons (Fsp3) is 0.727. The Morgan fingerprint density at radius 3 is 2.54 bits per heavy atom. The van der Waals surface area contributed by atoms with Gasteiger partial charge in [0.25, 0.3) is 5.91 Å². The lowest BCUT2D eigenvalue weighted by Gasteiger charge is -2.35. The molecule has 1 aliphatic carbocycles. The van der Waals surface area contributed by atoms with Crippen molar-refractivity contribution in [3.05, 3.63) is 22.5 Å². The number of likely N-dealkylation sites (tertiary alicyclic amines) is 1. The second-order valence-corrected chi connectivity index (χ2v) is 9.07. The number of aromatic nitrogens is 1. The van der Waals surface area contributed by atoms with Gasteiger partial charge in [-0.1, -0.05) is 13.8 Å². The highest BCUT2D eigenvalue weighted by Gasteiger charge is 2.32. The van der Waals surface area contributed by atoms with Gasteiger partial charge in [0.1, 0.15) is 5.69 Å². The van der Waals surface area contributed by atoms with E-state index in [0.717, 1.165) is 49.0 Å². The van der Waals surface area contributed by atoms with Crippen molar-refractivity contribution in [3.63, 3.8) is 0 Å². The summed E-state index contributed by atoms with van der Waals surface area (Å²) in [4.78, 5) is 32.5. The van der Waals surface area contributed by atoms with Gasteiger partial charge in [0.15, 0.2) is 5.78 Å². The summed E-state index contributed by atoms with van der Waals surface area (Å²) in [5.41, 5.74) is 3.06. The number of ketones is 1. The van der Waals surface area contributed by atoms with Crippen molar-refractivity contribution in [2.24, 2.45) is 11.8 Å². The van der Waals surface area contributed by atoms with E-state index in [4.69, 9.17) is 0 Å². The van der Waals surface area contributed by atoms with E-state index >= 15 is 0 Å². The van der Waals surface area contributed by atoms with E-state index in [-0.39, 0.29) is 23.7 Å². The van der Waals surface area contributed by atoms with Crippen molar-refractivity contribution in [3.8, 4) is 0 Å². The number of H-pyrrole nitrogens is 1. The van der Waals surface area contributed by atoms with Crippen molar-refractivity contribution in [1.29, 1.82) is 0 Å². The standard InChI is InChI=1S/C22H35N3O3/c1-14(2)12-24(4)13-19(27)16-8-10-25(11-9-16)22(28)21-15(3)20-17(23-21)6-5-7-18(20)26/h14,16,19,23,27H,5-13H2,1-4H3. The Hall–Kier alpha value is -1.66. The maximum absolute atomic E-state index is 13.0. The number of rotatable bonds is 6. The number of aliphatic hydroxyl groups excluding tert-OH is 1.